The van der Waals surface area contributed by atoms with Crippen molar-refractivity contribution in [2.24, 2.45) is 0 Å². The quantitative estimate of drug-likeness (QED) is 0.835. The molecular weight excluding hydrogens is 381 g/mol. The fourth-order valence-corrected chi connectivity index (χ4v) is 3.41. The summed E-state index contributed by atoms with van der Waals surface area (Å²) in [6.07, 6.45) is -2.72. The summed E-state index contributed by atoms with van der Waals surface area (Å²) >= 11 is 0. The monoisotopic (exact) mass is 406 g/mol. The average molecular weight is 406 g/mol. The number of hydrogen-bond donors (Lipinski definition) is 1. The molecule has 1 aromatic carbocycles. The number of amides is 1. The molecule has 156 valence electrons. The largest absolute Gasteiger partial charge is 0.417 e. The Labute approximate surface area is 168 Å². The molecule has 2 heterocycles. The first-order chi connectivity index (χ1) is 13.8. The summed E-state index contributed by atoms with van der Waals surface area (Å²) in [7, 11) is 0. The van der Waals surface area contributed by atoms with Crippen LogP contribution in [-0.4, -0.2) is 48.0 Å². The Hall–Kier alpha value is -2.61. The third-order valence-electron chi connectivity index (χ3n) is 5.26. The van der Waals surface area contributed by atoms with Gasteiger partial charge >= 0.3 is 6.18 Å². The molecule has 1 amide bonds. The highest BCUT2D eigenvalue weighted by molar-refractivity contribution is 5.95. The maximum Gasteiger partial charge on any atom is 0.417 e. The van der Waals surface area contributed by atoms with Gasteiger partial charge in [0.2, 0.25) is 5.91 Å². The molecule has 3 rings (SSSR count). The predicted octanol–water partition coefficient (Wildman–Crippen LogP) is 3.95. The Bertz CT molecular complexity index is 839. The summed E-state index contributed by atoms with van der Waals surface area (Å²) < 4.78 is 38.2. The number of aryl methyl sites for hydroxylation is 1. The number of pyridine rings is 1. The smallest absolute Gasteiger partial charge is 0.355 e. The van der Waals surface area contributed by atoms with Crippen LogP contribution in [0.15, 0.2) is 42.6 Å². The highest BCUT2D eigenvalue weighted by atomic mass is 19.4. The van der Waals surface area contributed by atoms with E-state index in [-0.39, 0.29) is 11.9 Å². The Morgan fingerprint density at radius 2 is 1.86 bits per heavy atom. The normalized spacial score (nSPS) is 16.9. The summed E-state index contributed by atoms with van der Waals surface area (Å²) in [4.78, 5) is 20.7. The minimum atomic E-state index is -4.39. The molecule has 1 aliphatic rings. The van der Waals surface area contributed by atoms with Crippen LogP contribution in [0.2, 0.25) is 0 Å². The van der Waals surface area contributed by atoms with Crippen molar-refractivity contribution in [3.63, 3.8) is 0 Å². The molecule has 0 bridgehead atoms. The van der Waals surface area contributed by atoms with Gasteiger partial charge in [-0.2, -0.15) is 13.2 Å². The van der Waals surface area contributed by atoms with Crippen LogP contribution in [0.1, 0.15) is 24.5 Å². The zero-order chi connectivity index (χ0) is 21.0. The Balaban J connectivity index is 1.60. The van der Waals surface area contributed by atoms with Gasteiger partial charge in [0, 0.05) is 38.1 Å². The predicted molar refractivity (Wildman–Crippen MR) is 107 cm³/mol. The first kappa shape index (κ1) is 21.1. The molecule has 0 unspecified atom stereocenters. The third-order valence-corrected chi connectivity index (χ3v) is 5.26. The number of alkyl halides is 3. The van der Waals surface area contributed by atoms with Crippen LogP contribution in [0.4, 0.5) is 24.7 Å². The van der Waals surface area contributed by atoms with Crippen LogP contribution in [-0.2, 0) is 11.0 Å². The van der Waals surface area contributed by atoms with Crippen molar-refractivity contribution in [1.29, 1.82) is 0 Å². The maximum absolute atomic E-state index is 12.7. The lowest BCUT2D eigenvalue weighted by Crippen LogP contribution is -2.44. The van der Waals surface area contributed by atoms with Gasteiger partial charge < -0.3 is 10.2 Å². The number of anilines is 2. The Morgan fingerprint density at radius 3 is 2.52 bits per heavy atom. The summed E-state index contributed by atoms with van der Waals surface area (Å²) in [6.45, 7) is 6.46. The SMILES string of the molecule is Cc1ccccc1NC(=O)[C@@H](C)N1CCCN(c2ccc(C(F)(F)F)cn2)CC1. The highest BCUT2D eigenvalue weighted by Gasteiger charge is 2.31. The zero-order valence-corrected chi connectivity index (χ0v) is 16.5. The molecule has 0 aliphatic carbocycles. The molecule has 0 saturated carbocycles. The molecule has 29 heavy (non-hydrogen) atoms. The molecule has 2 aromatic rings. The summed E-state index contributed by atoms with van der Waals surface area (Å²) in [5, 5.41) is 2.98. The van der Waals surface area contributed by atoms with Gasteiger partial charge in [0.05, 0.1) is 11.6 Å². The van der Waals surface area contributed by atoms with E-state index in [1.165, 1.54) is 6.07 Å². The molecule has 5 nitrogen and oxygen atoms in total. The van der Waals surface area contributed by atoms with E-state index < -0.39 is 11.7 Å². The second kappa shape index (κ2) is 8.82. The molecule has 0 radical (unpaired) electrons. The fraction of sp³-hybridized carbons (Fsp3) is 0.429. The number of para-hydroxylation sites is 1. The van der Waals surface area contributed by atoms with Crippen LogP contribution in [0.3, 0.4) is 0 Å². The number of carbonyl (C=O) groups excluding carboxylic acids is 1. The van der Waals surface area contributed by atoms with E-state index in [1.807, 2.05) is 43.0 Å². The van der Waals surface area contributed by atoms with Crippen molar-refractivity contribution in [3.8, 4) is 0 Å². The van der Waals surface area contributed by atoms with E-state index in [2.05, 4.69) is 15.2 Å². The van der Waals surface area contributed by atoms with E-state index in [0.29, 0.717) is 25.5 Å². The minimum Gasteiger partial charge on any atom is -0.355 e. The molecular formula is C21H25F3N4O. The molecule has 1 saturated heterocycles. The Morgan fingerprint density at radius 1 is 1.10 bits per heavy atom. The van der Waals surface area contributed by atoms with Gasteiger partial charge in [0.15, 0.2) is 0 Å². The average Bonchev–Trinajstić information content (AvgIpc) is 2.95. The van der Waals surface area contributed by atoms with E-state index in [9.17, 15) is 18.0 Å². The number of halogens is 3. The van der Waals surface area contributed by atoms with Crippen molar-refractivity contribution < 1.29 is 18.0 Å². The van der Waals surface area contributed by atoms with Crippen molar-refractivity contribution in [1.82, 2.24) is 9.88 Å². The highest BCUT2D eigenvalue weighted by Crippen LogP contribution is 2.29. The van der Waals surface area contributed by atoms with Gasteiger partial charge in [-0.1, -0.05) is 18.2 Å². The van der Waals surface area contributed by atoms with E-state index >= 15 is 0 Å². The lowest BCUT2D eigenvalue weighted by molar-refractivity contribution is -0.137. The lowest BCUT2D eigenvalue weighted by atomic mass is 10.2. The number of carbonyl (C=O) groups is 1. The topological polar surface area (TPSA) is 48.5 Å². The molecule has 8 heteroatoms. The number of nitrogens with zero attached hydrogens (tertiary/aromatic N) is 3. The van der Waals surface area contributed by atoms with Crippen molar-refractivity contribution in [2.45, 2.75) is 32.5 Å². The summed E-state index contributed by atoms with van der Waals surface area (Å²) in [5.41, 5.74) is 1.05. The summed E-state index contributed by atoms with van der Waals surface area (Å²) in [6, 6.07) is 9.79. The van der Waals surface area contributed by atoms with Crippen LogP contribution in [0.5, 0.6) is 0 Å². The zero-order valence-electron chi connectivity index (χ0n) is 16.5. The molecule has 1 atom stereocenters. The van der Waals surface area contributed by atoms with Gasteiger partial charge in [0.25, 0.3) is 0 Å². The number of benzene rings is 1. The number of nitrogens with one attached hydrogen (secondary N) is 1. The van der Waals surface area contributed by atoms with Crippen LogP contribution >= 0.6 is 0 Å². The standard InChI is InChI=1S/C21H25F3N4O/c1-15-6-3-4-7-18(15)26-20(29)16(2)27-10-5-11-28(13-12-27)19-9-8-17(14-25-19)21(22,23)24/h3-4,6-9,14,16H,5,10-13H2,1-2H3,(H,26,29)/t16-/m1/s1. The molecule has 1 fully saturated rings. The number of aromatic nitrogens is 1. The van der Waals surface area contributed by atoms with Crippen LogP contribution in [0, 0.1) is 6.92 Å². The third kappa shape index (κ3) is 5.26. The van der Waals surface area contributed by atoms with Crippen molar-refractivity contribution >= 4 is 17.4 Å². The number of rotatable bonds is 4. The molecule has 1 aromatic heterocycles. The second-order valence-corrected chi connectivity index (χ2v) is 7.26. The molecule has 0 spiro atoms. The molecule has 1 N–H and O–H groups in total. The van der Waals surface area contributed by atoms with E-state index in [4.69, 9.17) is 0 Å². The van der Waals surface area contributed by atoms with Gasteiger partial charge in [-0.3, -0.25) is 9.69 Å². The Kier molecular flexibility index (Phi) is 6.42. The second-order valence-electron chi connectivity index (χ2n) is 7.26. The molecule has 1 aliphatic heterocycles. The van der Waals surface area contributed by atoms with Gasteiger partial charge in [-0.15, -0.1) is 0 Å². The fourth-order valence-electron chi connectivity index (χ4n) is 3.41. The number of hydrogen-bond acceptors (Lipinski definition) is 4. The van der Waals surface area contributed by atoms with E-state index in [1.54, 1.807) is 0 Å². The minimum absolute atomic E-state index is 0.0691. The lowest BCUT2D eigenvalue weighted by Gasteiger charge is -2.27. The first-order valence-corrected chi connectivity index (χ1v) is 9.64. The van der Waals surface area contributed by atoms with Crippen LogP contribution < -0.4 is 10.2 Å². The van der Waals surface area contributed by atoms with Crippen LogP contribution in [0.25, 0.3) is 0 Å². The maximum atomic E-state index is 12.7. The van der Waals surface area contributed by atoms with Gasteiger partial charge in [0.1, 0.15) is 5.82 Å². The van der Waals surface area contributed by atoms with Crippen molar-refractivity contribution in [3.05, 3.63) is 53.7 Å². The van der Waals surface area contributed by atoms with Gasteiger partial charge in [-0.05, 0) is 44.0 Å². The van der Waals surface area contributed by atoms with E-state index in [0.717, 1.165) is 36.5 Å². The summed E-state index contributed by atoms with van der Waals surface area (Å²) in [5.74, 6) is 0.456. The van der Waals surface area contributed by atoms with Gasteiger partial charge in [-0.25, -0.2) is 4.98 Å². The van der Waals surface area contributed by atoms with Crippen molar-refractivity contribution in [2.75, 3.05) is 36.4 Å². The first-order valence-electron chi connectivity index (χ1n) is 9.64.